The highest BCUT2D eigenvalue weighted by Crippen LogP contribution is 2.22. The van der Waals surface area contributed by atoms with E-state index in [2.05, 4.69) is 5.32 Å². The van der Waals surface area contributed by atoms with Crippen molar-refractivity contribution >= 4 is 29.9 Å². The third kappa shape index (κ3) is 5.12. The molecular formula is C12H18Cl2N2O2. The average Bonchev–Trinajstić information content (AvgIpc) is 2.28. The molecule has 3 N–H and O–H groups in total. The second-order valence-corrected chi connectivity index (χ2v) is 4.30. The lowest BCUT2D eigenvalue weighted by Crippen LogP contribution is -2.29. The smallest absolute Gasteiger partial charge is 0.255 e. The van der Waals surface area contributed by atoms with Crippen LogP contribution in [0.4, 0.5) is 0 Å². The number of nitrogens with two attached hydrogens (primary N) is 1. The molecule has 1 rings (SSSR count). The molecule has 0 aliphatic heterocycles. The molecule has 102 valence electrons. The Morgan fingerprint density at radius 3 is 2.78 bits per heavy atom. The molecule has 0 aliphatic rings. The molecule has 0 bridgehead atoms. The third-order valence-electron chi connectivity index (χ3n) is 2.29. The van der Waals surface area contributed by atoms with Crippen molar-refractivity contribution in [1.82, 2.24) is 5.32 Å². The first-order chi connectivity index (χ1) is 8.04. The number of hydrogen-bond acceptors (Lipinski definition) is 3. The van der Waals surface area contributed by atoms with E-state index >= 15 is 0 Å². The molecule has 1 unspecified atom stereocenters. The maximum atomic E-state index is 11.9. The van der Waals surface area contributed by atoms with Gasteiger partial charge < -0.3 is 15.8 Å². The van der Waals surface area contributed by atoms with Crippen LogP contribution < -0.4 is 15.8 Å². The monoisotopic (exact) mass is 292 g/mol. The minimum Gasteiger partial charge on any atom is -0.496 e. The fraction of sp³-hybridized carbons (Fsp3) is 0.417. The van der Waals surface area contributed by atoms with Crippen molar-refractivity contribution in [2.75, 3.05) is 13.7 Å². The van der Waals surface area contributed by atoms with Gasteiger partial charge in [-0.05, 0) is 31.5 Å². The molecule has 4 nitrogen and oxygen atoms in total. The van der Waals surface area contributed by atoms with E-state index in [0.29, 0.717) is 22.9 Å². The van der Waals surface area contributed by atoms with Gasteiger partial charge in [0.25, 0.3) is 5.91 Å². The zero-order valence-electron chi connectivity index (χ0n) is 10.4. The lowest BCUT2D eigenvalue weighted by atomic mass is 10.2. The molecule has 1 aromatic rings. The van der Waals surface area contributed by atoms with Crippen LogP contribution in [0.15, 0.2) is 18.2 Å². The lowest BCUT2D eigenvalue weighted by molar-refractivity contribution is 0.0950. The fourth-order valence-electron chi connectivity index (χ4n) is 1.37. The van der Waals surface area contributed by atoms with Gasteiger partial charge >= 0.3 is 0 Å². The molecule has 18 heavy (non-hydrogen) atoms. The van der Waals surface area contributed by atoms with Crippen molar-refractivity contribution in [1.29, 1.82) is 0 Å². The molecule has 1 atom stereocenters. The van der Waals surface area contributed by atoms with Crippen LogP contribution in [0, 0.1) is 0 Å². The van der Waals surface area contributed by atoms with Crippen molar-refractivity contribution in [3.63, 3.8) is 0 Å². The first kappa shape index (κ1) is 17.0. The number of amides is 1. The Morgan fingerprint density at radius 2 is 2.22 bits per heavy atom. The zero-order valence-corrected chi connectivity index (χ0v) is 12.0. The van der Waals surface area contributed by atoms with Crippen LogP contribution in [0.2, 0.25) is 5.02 Å². The van der Waals surface area contributed by atoms with Gasteiger partial charge in [-0.25, -0.2) is 0 Å². The van der Waals surface area contributed by atoms with E-state index < -0.39 is 0 Å². The van der Waals surface area contributed by atoms with E-state index in [-0.39, 0.29) is 24.4 Å². The van der Waals surface area contributed by atoms with E-state index in [4.69, 9.17) is 22.1 Å². The Bertz CT molecular complexity index is 398. The zero-order chi connectivity index (χ0) is 12.8. The standard InChI is InChI=1S/C12H17ClN2O2.ClH/c1-8(14)5-6-15-12(16)10-7-9(13)3-4-11(10)17-2;/h3-4,7-8H,5-6,14H2,1-2H3,(H,15,16);1H. The van der Waals surface area contributed by atoms with Crippen molar-refractivity contribution in [2.24, 2.45) is 5.73 Å². The Morgan fingerprint density at radius 1 is 1.56 bits per heavy atom. The minimum absolute atomic E-state index is 0. The highest BCUT2D eigenvalue weighted by Gasteiger charge is 2.12. The van der Waals surface area contributed by atoms with Crippen LogP contribution in [-0.4, -0.2) is 25.6 Å². The van der Waals surface area contributed by atoms with Gasteiger partial charge in [0.15, 0.2) is 0 Å². The summed E-state index contributed by atoms with van der Waals surface area (Å²) >= 11 is 5.85. The fourth-order valence-corrected chi connectivity index (χ4v) is 1.54. The summed E-state index contributed by atoms with van der Waals surface area (Å²) in [7, 11) is 1.52. The van der Waals surface area contributed by atoms with Crippen molar-refractivity contribution in [3.8, 4) is 5.75 Å². The summed E-state index contributed by atoms with van der Waals surface area (Å²) in [4.78, 5) is 11.9. The van der Waals surface area contributed by atoms with Gasteiger partial charge in [-0.15, -0.1) is 12.4 Å². The summed E-state index contributed by atoms with van der Waals surface area (Å²) in [6.45, 7) is 2.43. The first-order valence-corrected chi connectivity index (χ1v) is 5.79. The highest BCUT2D eigenvalue weighted by molar-refractivity contribution is 6.31. The number of methoxy groups -OCH3 is 1. The molecule has 0 heterocycles. The molecule has 0 spiro atoms. The van der Waals surface area contributed by atoms with Gasteiger partial charge in [-0.1, -0.05) is 11.6 Å². The molecule has 0 saturated carbocycles. The second-order valence-electron chi connectivity index (χ2n) is 3.87. The average molecular weight is 293 g/mol. The number of carbonyl (C=O) groups is 1. The highest BCUT2D eigenvalue weighted by atomic mass is 35.5. The molecular weight excluding hydrogens is 275 g/mol. The number of rotatable bonds is 5. The molecule has 6 heteroatoms. The van der Waals surface area contributed by atoms with E-state index in [1.807, 2.05) is 6.92 Å². The Balaban J connectivity index is 0.00000289. The van der Waals surface area contributed by atoms with Gasteiger partial charge in [0.05, 0.1) is 12.7 Å². The van der Waals surface area contributed by atoms with Crippen molar-refractivity contribution in [3.05, 3.63) is 28.8 Å². The molecule has 0 saturated heterocycles. The van der Waals surface area contributed by atoms with E-state index in [1.54, 1.807) is 18.2 Å². The van der Waals surface area contributed by atoms with Gasteiger partial charge in [-0.3, -0.25) is 4.79 Å². The molecule has 0 aliphatic carbocycles. The van der Waals surface area contributed by atoms with Gasteiger partial charge in [-0.2, -0.15) is 0 Å². The molecule has 1 aromatic carbocycles. The van der Waals surface area contributed by atoms with Crippen LogP contribution >= 0.6 is 24.0 Å². The van der Waals surface area contributed by atoms with E-state index in [0.717, 1.165) is 6.42 Å². The van der Waals surface area contributed by atoms with E-state index in [1.165, 1.54) is 7.11 Å². The summed E-state index contributed by atoms with van der Waals surface area (Å²) in [6, 6.07) is 5.00. The lowest BCUT2D eigenvalue weighted by Gasteiger charge is -2.10. The Hall–Kier alpha value is -0.970. The van der Waals surface area contributed by atoms with Crippen LogP contribution in [-0.2, 0) is 0 Å². The van der Waals surface area contributed by atoms with Crippen LogP contribution in [0.1, 0.15) is 23.7 Å². The normalized spacial score (nSPS) is 11.3. The summed E-state index contributed by atoms with van der Waals surface area (Å²) < 4.78 is 5.10. The van der Waals surface area contributed by atoms with Crippen molar-refractivity contribution in [2.45, 2.75) is 19.4 Å². The van der Waals surface area contributed by atoms with Gasteiger partial charge in [0.1, 0.15) is 5.75 Å². The molecule has 1 amide bonds. The summed E-state index contributed by atoms with van der Waals surface area (Å²) in [5.74, 6) is 0.303. The molecule has 0 radical (unpaired) electrons. The molecule has 0 aromatic heterocycles. The van der Waals surface area contributed by atoms with Gasteiger partial charge in [0.2, 0.25) is 0 Å². The van der Waals surface area contributed by atoms with Crippen LogP contribution in [0.25, 0.3) is 0 Å². The number of hydrogen-bond donors (Lipinski definition) is 2. The number of benzene rings is 1. The summed E-state index contributed by atoms with van der Waals surface area (Å²) in [5.41, 5.74) is 6.04. The summed E-state index contributed by atoms with van der Waals surface area (Å²) in [6.07, 6.45) is 0.731. The largest absolute Gasteiger partial charge is 0.496 e. The first-order valence-electron chi connectivity index (χ1n) is 5.42. The maximum absolute atomic E-state index is 11.9. The molecule has 0 fully saturated rings. The third-order valence-corrected chi connectivity index (χ3v) is 2.53. The topological polar surface area (TPSA) is 64.3 Å². The van der Waals surface area contributed by atoms with Crippen LogP contribution in [0.3, 0.4) is 0 Å². The van der Waals surface area contributed by atoms with E-state index in [9.17, 15) is 4.79 Å². The van der Waals surface area contributed by atoms with Gasteiger partial charge in [0, 0.05) is 17.6 Å². The summed E-state index contributed by atoms with van der Waals surface area (Å²) in [5, 5.41) is 3.28. The number of halogens is 2. The second kappa shape index (κ2) is 8.19. The quantitative estimate of drug-likeness (QED) is 0.875. The maximum Gasteiger partial charge on any atom is 0.255 e. The predicted octanol–water partition coefficient (Wildman–Crippen LogP) is 2.24. The SMILES string of the molecule is COc1ccc(Cl)cc1C(=O)NCCC(C)N.Cl. The Kier molecular flexibility index (Phi) is 7.75. The van der Waals surface area contributed by atoms with Crippen LogP contribution in [0.5, 0.6) is 5.75 Å². The number of carbonyl (C=O) groups excluding carboxylic acids is 1. The Labute approximate surface area is 118 Å². The van der Waals surface area contributed by atoms with Crippen molar-refractivity contribution < 1.29 is 9.53 Å². The minimum atomic E-state index is -0.204. The number of ether oxygens (including phenoxy) is 1. The predicted molar refractivity (Wildman–Crippen MR) is 75.9 cm³/mol. The number of nitrogens with one attached hydrogen (secondary N) is 1.